The highest BCUT2D eigenvalue weighted by atomic mass is 16.5. The fourth-order valence-electron chi connectivity index (χ4n) is 1.69. The monoisotopic (exact) mass is 235 g/mol. The summed E-state index contributed by atoms with van der Waals surface area (Å²) in [6.07, 6.45) is 4.30. The van der Waals surface area contributed by atoms with E-state index >= 15 is 0 Å². The predicted molar refractivity (Wildman–Crippen MR) is 63.3 cm³/mol. The van der Waals surface area contributed by atoms with Crippen LogP contribution in [0.2, 0.25) is 0 Å². The van der Waals surface area contributed by atoms with Crippen LogP contribution in [0.25, 0.3) is 11.6 Å². The van der Waals surface area contributed by atoms with Gasteiger partial charge in [0.1, 0.15) is 0 Å². The molecule has 0 saturated heterocycles. The quantitative estimate of drug-likeness (QED) is 0.837. The van der Waals surface area contributed by atoms with Crippen molar-refractivity contribution in [2.45, 2.75) is 26.3 Å². The highest BCUT2D eigenvalue weighted by molar-refractivity contribution is 5.42. The molecular weight excluding hydrogens is 218 g/mol. The minimum Gasteiger partial charge on any atom is -0.339 e. The van der Waals surface area contributed by atoms with E-state index < -0.39 is 0 Å². The highest BCUT2D eigenvalue weighted by Crippen LogP contribution is 2.12. The molecule has 1 atom stereocenters. The Kier molecular flexibility index (Phi) is 3.53. The molecule has 0 saturated carbocycles. The van der Waals surface area contributed by atoms with Gasteiger partial charge in [0.15, 0.2) is 5.82 Å². The van der Waals surface area contributed by atoms with Gasteiger partial charge in [-0.3, -0.25) is 0 Å². The topological polar surface area (TPSA) is 68.8 Å². The van der Waals surface area contributed by atoms with Crippen LogP contribution in [-0.4, -0.2) is 32.3 Å². The number of rotatable bonds is 5. The molecule has 0 spiro atoms. The van der Waals surface area contributed by atoms with Crippen LogP contribution in [0.1, 0.15) is 19.7 Å². The van der Waals surface area contributed by atoms with E-state index in [-0.39, 0.29) is 0 Å². The van der Waals surface area contributed by atoms with Crippen LogP contribution >= 0.6 is 0 Å². The van der Waals surface area contributed by atoms with Crippen molar-refractivity contribution < 1.29 is 4.52 Å². The van der Waals surface area contributed by atoms with Gasteiger partial charge in [-0.25, -0.2) is 4.98 Å². The molecule has 0 radical (unpaired) electrons. The summed E-state index contributed by atoms with van der Waals surface area (Å²) in [6.45, 7) is 5.10. The summed E-state index contributed by atoms with van der Waals surface area (Å²) in [4.78, 5) is 8.51. The van der Waals surface area contributed by atoms with Crippen LogP contribution in [0.15, 0.2) is 16.9 Å². The second-order valence-corrected chi connectivity index (χ2v) is 4.04. The van der Waals surface area contributed by atoms with Gasteiger partial charge in [-0.2, -0.15) is 4.98 Å². The lowest BCUT2D eigenvalue weighted by molar-refractivity contribution is 0.362. The average Bonchev–Trinajstić information content (AvgIpc) is 2.87. The number of hydrogen-bond donors (Lipinski definition) is 1. The minimum atomic E-state index is 0.328. The summed E-state index contributed by atoms with van der Waals surface area (Å²) in [6, 6.07) is 0.328. The van der Waals surface area contributed by atoms with E-state index in [0.717, 1.165) is 18.8 Å². The molecule has 17 heavy (non-hydrogen) atoms. The van der Waals surface area contributed by atoms with E-state index in [0.29, 0.717) is 17.8 Å². The summed E-state index contributed by atoms with van der Waals surface area (Å²) in [5, 5.41) is 7.24. The summed E-state index contributed by atoms with van der Waals surface area (Å²) >= 11 is 0. The van der Waals surface area contributed by atoms with Gasteiger partial charge >= 0.3 is 0 Å². The van der Waals surface area contributed by atoms with Crippen LogP contribution in [0.3, 0.4) is 0 Å². The third kappa shape index (κ3) is 2.71. The zero-order chi connectivity index (χ0) is 12.3. The lowest BCUT2D eigenvalue weighted by atomic mass is 10.2. The molecular formula is C11H17N5O. The molecule has 1 unspecified atom stereocenters. The van der Waals surface area contributed by atoms with Gasteiger partial charge in [0.2, 0.25) is 11.7 Å². The second kappa shape index (κ2) is 5.09. The Morgan fingerprint density at radius 2 is 2.35 bits per heavy atom. The number of imidazole rings is 1. The molecule has 1 N–H and O–H groups in total. The van der Waals surface area contributed by atoms with Crippen LogP contribution in [0, 0.1) is 0 Å². The molecule has 0 aromatic carbocycles. The molecule has 92 valence electrons. The number of nitrogens with zero attached hydrogens (tertiary/aromatic N) is 4. The van der Waals surface area contributed by atoms with Gasteiger partial charge in [-0.05, 0) is 13.5 Å². The van der Waals surface area contributed by atoms with Crippen LogP contribution in [-0.2, 0) is 13.5 Å². The van der Waals surface area contributed by atoms with E-state index in [9.17, 15) is 0 Å². The molecule has 0 amide bonds. The smallest absolute Gasteiger partial charge is 0.238 e. The van der Waals surface area contributed by atoms with Gasteiger partial charge in [-0.1, -0.05) is 12.1 Å². The standard InChI is InChI=1S/C11H17N5O/c1-4-12-8(2)7-9-14-10(15-17-9)11-13-5-6-16(11)3/h5-6,8,12H,4,7H2,1-3H3. The fraction of sp³-hybridized carbons (Fsp3) is 0.545. The normalized spacial score (nSPS) is 12.9. The zero-order valence-corrected chi connectivity index (χ0v) is 10.3. The van der Waals surface area contributed by atoms with Crippen molar-refractivity contribution in [2.24, 2.45) is 7.05 Å². The van der Waals surface area contributed by atoms with E-state index in [1.807, 2.05) is 17.8 Å². The van der Waals surface area contributed by atoms with Crippen LogP contribution in [0.5, 0.6) is 0 Å². The fourth-order valence-corrected chi connectivity index (χ4v) is 1.69. The van der Waals surface area contributed by atoms with Crippen LogP contribution in [0.4, 0.5) is 0 Å². The predicted octanol–water partition coefficient (Wildman–Crippen LogP) is 1.01. The first kappa shape index (κ1) is 11.8. The summed E-state index contributed by atoms with van der Waals surface area (Å²) < 4.78 is 7.07. The Morgan fingerprint density at radius 1 is 1.53 bits per heavy atom. The van der Waals surface area contributed by atoms with Gasteiger partial charge < -0.3 is 14.4 Å². The van der Waals surface area contributed by atoms with Crippen molar-refractivity contribution in [3.63, 3.8) is 0 Å². The molecule has 2 aromatic heterocycles. The molecule has 0 aliphatic rings. The van der Waals surface area contributed by atoms with Crippen molar-refractivity contribution in [1.29, 1.82) is 0 Å². The summed E-state index contributed by atoms with van der Waals surface area (Å²) in [5.74, 6) is 1.89. The molecule has 6 nitrogen and oxygen atoms in total. The SMILES string of the molecule is CCNC(C)Cc1nc(-c2nccn2C)no1. The molecule has 2 aromatic rings. The lowest BCUT2D eigenvalue weighted by Gasteiger charge is -2.07. The number of likely N-dealkylation sites (N-methyl/N-ethyl adjacent to an activating group) is 1. The maximum absolute atomic E-state index is 5.21. The van der Waals surface area contributed by atoms with E-state index in [1.165, 1.54) is 0 Å². The Hall–Kier alpha value is -1.69. The van der Waals surface area contributed by atoms with Crippen molar-refractivity contribution in [2.75, 3.05) is 6.54 Å². The first-order valence-corrected chi connectivity index (χ1v) is 5.74. The third-order valence-corrected chi connectivity index (χ3v) is 2.52. The van der Waals surface area contributed by atoms with E-state index in [2.05, 4.69) is 34.3 Å². The maximum atomic E-state index is 5.21. The van der Waals surface area contributed by atoms with Crippen molar-refractivity contribution in [3.8, 4) is 11.6 Å². The highest BCUT2D eigenvalue weighted by Gasteiger charge is 2.13. The molecule has 2 heterocycles. The molecule has 2 rings (SSSR count). The van der Waals surface area contributed by atoms with Crippen molar-refractivity contribution in [1.82, 2.24) is 25.0 Å². The Labute approximate surface area is 100 Å². The molecule has 0 aliphatic carbocycles. The Balaban J connectivity index is 2.09. The zero-order valence-electron chi connectivity index (χ0n) is 10.3. The first-order chi connectivity index (χ1) is 8.20. The Morgan fingerprint density at radius 3 is 3.00 bits per heavy atom. The number of nitrogens with one attached hydrogen (secondary N) is 1. The maximum Gasteiger partial charge on any atom is 0.238 e. The van der Waals surface area contributed by atoms with Gasteiger partial charge in [0.05, 0.1) is 0 Å². The number of aromatic nitrogens is 4. The number of aryl methyl sites for hydroxylation is 1. The molecule has 0 bridgehead atoms. The molecule has 6 heteroatoms. The van der Waals surface area contributed by atoms with Crippen LogP contribution < -0.4 is 5.32 Å². The van der Waals surface area contributed by atoms with E-state index in [4.69, 9.17) is 4.52 Å². The van der Waals surface area contributed by atoms with Crippen molar-refractivity contribution in [3.05, 3.63) is 18.3 Å². The molecule has 0 aliphatic heterocycles. The average molecular weight is 235 g/mol. The first-order valence-electron chi connectivity index (χ1n) is 5.74. The van der Waals surface area contributed by atoms with Gasteiger partial charge in [0.25, 0.3) is 0 Å². The summed E-state index contributed by atoms with van der Waals surface area (Å²) in [5.41, 5.74) is 0. The summed E-state index contributed by atoms with van der Waals surface area (Å²) in [7, 11) is 1.90. The minimum absolute atomic E-state index is 0.328. The van der Waals surface area contributed by atoms with Gasteiger partial charge in [0, 0.05) is 31.9 Å². The second-order valence-electron chi connectivity index (χ2n) is 4.04. The van der Waals surface area contributed by atoms with Crippen molar-refractivity contribution >= 4 is 0 Å². The lowest BCUT2D eigenvalue weighted by Crippen LogP contribution is -2.27. The van der Waals surface area contributed by atoms with Gasteiger partial charge in [-0.15, -0.1) is 0 Å². The molecule has 0 fully saturated rings. The third-order valence-electron chi connectivity index (χ3n) is 2.52. The van der Waals surface area contributed by atoms with E-state index in [1.54, 1.807) is 6.20 Å². The largest absolute Gasteiger partial charge is 0.339 e. The number of hydrogen-bond acceptors (Lipinski definition) is 5. The Bertz CT molecular complexity index is 476.